The highest BCUT2D eigenvalue weighted by atomic mass is 16.2. The fourth-order valence-corrected chi connectivity index (χ4v) is 2.70. The highest BCUT2D eigenvalue weighted by molar-refractivity contribution is 5.78. The average molecular weight is 256 g/mol. The Kier molecular flexibility index (Phi) is 3.90. The van der Waals surface area contributed by atoms with E-state index in [1.165, 1.54) is 0 Å². The predicted molar refractivity (Wildman–Crippen MR) is 74.4 cm³/mol. The smallest absolute Gasteiger partial charge is 0.225 e. The number of nitriles is 1. The van der Waals surface area contributed by atoms with Crippen molar-refractivity contribution in [1.29, 1.82) is 5.26 Å². The third-order valence-electron chi connectivity index (χ3n) is 3.96. The third-order valence-corrected chi connectivity index (χ3v) is 3.96. The maximum Gasteiger partial charge on any atom is 0.225 e. The fourth-order valence-electron chi connectivity index (χ4n) is 2.70. The van der Waals surface area contributed by atoms with Gasteiger partial charge in [-0.2, -0.15) is 5.26 Å². The van der Waals surface area contributed by atoms with Crippen LogP contribution in [0.25, 0.3) is 0 Å². The molecular weight excluding hydrogens is 236 g/mol. The summed E-state index contributed by atoms with van der Waals surface area (Å²) in [6.45, 7) is 5.20. The van der Waals surface area contributed by atoms with Crippen LogP contribution in [-0.2, 0) is 10.2 Å². The first-order valence-electron chi connectivity index (χ1n) is 6.84. The Morgan fingerprint density at radius 3 is 2.32 bits per heavy atom. The molecule has 0 aliphatic carbocycles. The highest BCUT2D eigenvalue weighted by Crippen LogP contribution is 2.35. The molecule has 1 aromatic rings. The van der Waals surface area contributed by atoms with E-state index < -0.39 is 5.41 Å². The van der Waals surface area contributed by atoms with E-state index in [2.05, 4.69) is 6.07 Å². The zero-order valence-corrected chi connectivity index (χ0v) is 11.6. The molecule has 19 heavy (non-hydrogen) atoms. The quantitative estimate of drug-likeness (QED) is 0.816. The van der Waals surface area contributed by atoms with E-state index >= 15 is 0 Å². The molecule has 1 aromatic carbocycles. The van der Waals surface area contributed by atoms with Crippen LogP contribution in [0.2, 0.25) is 0 Å². The number of amides is 1. The van der Waals surface area contributed by atoms with Gasteiger partial charge in [-0.3, -0.25) is 4.79 Å². The van der Waals surface area contributed by atoms with Crippen molar-refractivity contribution in [2.24, 2.45) is 5.92 Å². The van der Waals surface area contributed by atoms with Crippen molar-refractivity contribution in [3.8, 4) is 6.07 Å². The minimum absolute atomic E-state index is 0.0336. The van der Waals surface area contributed by atoms with Gasteiger partial charge in [0.05, 0.1) is 11.5 Å². The summed E-state index contributed by atoms with van der Waals surface area (Å²) in [7, 11) is 0. The summed E-state index contributed by atoms with van der Waals surface area (Å²) in [5.74, 6) is 0.228. The highest BCUT2D eigenvalue weighted by Gasteiger charge is 2.37. The Bertz CT molecular complexity index is 479. The molecule has 0 saturated carbocycles. The first-order chi connectivity index (χ1) is 9.09. The van der Waals surface area contributed by atoms with Crippen molar-refractivity contribution in [2.75, 3.05) is 13.1 Å². The zero-order chi connectivity index (χ0) is 13.9. The van der Waals surface area contributed by atoms with E-state index in [4.69, 9.17) is 0 Å². The van der Waals surface area contributed by atoms with E-state index in [-0.39, 0.29) is 11.8 Å². The summed E-state index contributed by atoms with van der Waals surface area (Å²) in [6.07, 6.45) is 1.46. The van der Waals surface area contributed by atoms with Gasteiger partial charge < -0.3 is 4.90 Å². The molecule has 1 saturated heterocycles. The summed E-state index contributed by atoms with van der Waals surface area (Å²) in [4.78, 5) is 13.9. The van der Waals surface area contributed by atoms with E-state index in [0.717, 1.165) is 18.4 Å². The molecule has 0 bridgehead atoms. The summed E-state index contributed by atoms with van der Waals surface area (Å²) < 4.78 is 0. The molecule has 0 aromatic heterocycles. The van der Waals surface area contributed by atoms with Crippen LogP contribution in [-0.4, -0.2) is 23.9 Å². The first kappa shape index (κ1) is 13.6. The van der Waals surface area contributed by atoms with Gasteiger partial charge in [-0.25, -0.2) is 0 Å². The molecule has 3 nitrogen and oxygen atoms in total. The molecule has 2 rings (SSSR count). The molecule has 1 amide bonds. The molecule has 100 valence electrons. The van der Waals surface area contributed by atoms with Crippen LogP contribution in [0.1, 0.15) is 32.3 Å². The van der Waals surface area contributed by atoms with Gasteiger partial charge in [-0.15, -0.1) is 0 Å². The summed E-state index contributed by atoms with van der Waals surface area (Å²) in [5.41, 5.74) is 0.656. The van der Waals surface area contributed by atoms with Crippen LogP contribution in [0.5, 0.6) is 0 Å². The second kappa shape index (κ2) is 5.44. The Labute approximate surface area is 114 Å². The van der Waals surface area contributed by atoms with Crippen LogP contribution >= 0.6 is 0 Å². The zero-order valence-electron chi connectivity index (χ0n) is 11.6. The molecule has 0 atom stereocenters. The number of carbonyl (C=O) groups is 1. The lowest BCUT2D eigenvalue weighted by atomic mass is 9.74. The molecule has 0 unspecified atom stereocenters. The van der Waals surface area contributed by atoms with E-state index in [9.17, 15) is 10.1 Å². The Morgan fingerprint density at radius 1 is 1.26 bits per heavy atom. The monoisotopic (exact) mass is 256 g/mol. The van der Waals surface area contributed by atoms with Gasteiger partial charge in [0.2, 0.25) is 5.91 Å². The molecular formula is C16H20N2O. The minimum atomic E-state index is -0.422. The average Bonchev–Trinajstić information content (AvgIpc) is 2.47. The van der Waals surface area contributed by atoms with Crippen molar-refractivity contribution in [1.82, 2.24) is 4.90 Å². The standard InChI is InChI=1S/C16H20N2O/c1-13(2)15(19)18-10-8-16(12-17,9-11-18)14-6-4-3-5-7-14/h3-7,13H,8-11H2,1-2H3. The summed E-state index contributed by atoms with van der Waals surface area (Å²) in [6, 6.07) is 12.4. The van der Waals surface area contributed by atoms with E-state index in [0.29, 0.717) is 13.1 Å². The number of benzene rings is 1. The molecule has 1 fully saturated rings. The van der Waals surface area contributed by atoms with Gasteiger partial charge in [0.15, 0.2) is 0 Å². The Balaban J connectivity index is 2.13. The van der Waals surface area contributed by atoms with Crippen molar-refractivity contribution >= 4 is 5.91 Å². The SMILES string of the molecule is CC(C)C(=O)N1CCC(C#N)(c2ccccc2)CC1. The second-order valence-corrected chi connectivity index (χ2v) is 5.54. The molecule has 0 N–H and O–H groups in total. The number of piperidine rings is 1. The van der Waals surface area contributed by atoms with Crippen molar-refractivity contribution in [3.63, 3.8) is 0 Å². The number of hydrogen-bond acceptors (Lipinski definition) is 2. The van der Waals surface area contributed by atoms with Gasteiger partial charge in [0.1, 0.15) is 0 Å². The van der Waals surface area contributed by atoms with E-state index in [1.54, 1.807) is 0 Å². The van der Waals surface area contributed by atoms with Crippen LogP contribution < -0.4 is 0 Å². The van der Waals surface area contributed by atoms with Crippen LogP contribution in [0.4, 0.5) is 0 Å². The lowest BCUT2D eigenvalue weighted by Crippen LogP contribution is -2.45. The van der Waals surface area contributed by atoms with E-state index in [1.807, 2.05) is 49.1 Å². The van der Waals surface area contributed by atoms with Gasteiger partial charge in [0, 0.05) is 19.0 Å². The molecule has 1 aliphatic rings. The fraction of sp³-hybridized carbons (Fsp3) is 0.500. The number of rotatable bonds is 2. The van der Waals surface area contributed by atoms with Crippen molar-refractivity contribution in [2.45, 2.75) is 32.1 Å². The van der Waals surface area contributed by atoms with Gasteiger partial charge in [-0.1, -0.05) is 44.2 Å². The first-order valence-corrected chi connectivity index (χ1v) is 6.84. The predicted octanol–water partition coefficient (Wildman–Crippen LogP) is 2.73. The van der Waals surface area contributed by atoms with Gasteiger partial charge in [-0.05, 0) is 18.4 Å². The normalized spacial score (nSPS) is 18.1. The van der Waals surface area contributed by atoms with Crippen molar-refractivity contribution in [3.05, 3.63) is 35.9 Å². The topological polar surface area (TPSA) is 44.1 Å². The van der Waals surface area contributed by atoms with Crippen molar-refractivity contribution < 1.29 is 4.79 Å². The maximum absolute atomic E-state index is 12.0. The molecule has 0 spiro atoms. The van der Waals surface area contributed by atoms with Crippen LogP contribution in [0.15, 0.2) is 30.3 Å². The van der Waals surface area contributed by atoms with Gasteiger partial charge in [0.25, 0.3) is 0 Å². The second-order valence-electron chi connectivity index (χ2n) is 5.54. The van der Waals surface area contributed by atoms with Crippen LogP contribution in [0, 0.1) is 17.2 Å². The lowest BCUT2D eigenvalue weighted by Gasteiger charge is -2.38. The lowest BCUT2D eigenvalue weighted by molar-refractivity contribution is -0.135. The largest absolute Gasteiger partial charge is 0.342 e. The summed E-state index contributed by atoms with van der Waals surface area (Å²) >= 11 is 0. The minimum Gasteiger partial charge on any atom is -0.342 e. The maximum atomic E-state index is 12.0. The molecule has 1 aliphatic heterocycles. The molecule has 3 heteroatoms. The number of carbonyl (C=O) groups excluding carboxylic acids is 1. The Morgan fingerprint density at radius 2 is 1.84 bits per heavy atom. The van der Waals surface area contributed by atoms with Gasteiger partial charge >= 0.3 is 0 Å². The Hall–Kier alpha value is -1.82. The molecule has 1 heterocycles. The number of nitrogens with zero attached hydrogens (tertiary/aromatic N) is 2. The molecule has 0 radical (unpaired) electrons. The summed E-state index contributed by atoms with van der Waals surface area (Å²) in [5, 5.41) is 9.58. The number of hydrogen-bond donors (Lipinski definition) is 0. The van der Waals surface area contributed by atoms with Crippen LogP contribution in [0.3, 0.4) is 0 Å². The number of likely N-dealkylation sites (tertiary alicyclic amines) is 1. The third kappa shape index (κ3) is 2.63.